The molecule has 0 aliphatic rings. The fourth-order valence-electron chi connectivity index (χ4n) is 2.41. The van der Waals surface area contributed by atoms with Crippen molar-refractivity contribution in [2.75, 3.05) is 18.8 Å². The molecule has 1 unspecified atom stereocenters. The van der Waals surface area contributed by atoms with Crippen molar-refractivity contribution >= 4 is 24.0 Å². The SMILES string of the molecule is CCN(CC(O)c1ccc(C)cc1)C(=O)c1ccc(C)c(N)c1.Cl. The van der Waals surface area contributed by atoms with Crippen LogP contribution in [0.3, 0.4) is 0 Å². The lowest BCUT2D eigenvalue weighted by Gasteiger charge is -2.24. The number of benzene rings is 2. The second-order valence-corrected chi connectivity index (χ2v) is 5.84. The highest BCUT2D eigenvalue weighted by molar-refractivity contribution is 5.95. The molecule has 0 heterocycles. The molecule has 0 aliphatic carbocycles. The van der Waals surface area contributed by atoms with Gasteiger partial charge in [0, 0.05) is 17.8 Å². The molecule has 24 heavy (non-hydrogen) atoms. The second-order valence-electron chi connectivity index (χ2n) is 5.84. The van der Waals surface area contributed by atoms with Gasteiger partial charge in [-0.1, -0.05) is 35.9 Å². The summed E-state index contributed by atoms with van der Waals surface area (Å²) >= 11 is 0. The van der Waals surface area contributed by atoms with Gasteiger partial charge in [-0.25, -0.2) is 0 Å². The van der Waals surface area contributed by atoms with Crippen molar-refractivity contribution < 1.29 is 9.90 Å². The molecule has 0 aromatic heterocycles. The lowest BCUT2D eigenvalue weighted by Crippen LogP contribution is -2.34. The summed E-state index contributed by atoms with van der Waals surface area (Å²) in [6.45, 7) is 6.58. The normalized spacial score (nSPS) is 11.5. The number of aryl methyl sites for hydroxylation is 2. The lowest BCUT2D eigenvalue weighted by molar-refractivity contribution is 0.0635. The van der Waals surface area contributed by atoms with Crippen LogP contribution in [0.5, 0.6) is 0 Å². The molecule has 5 heteroatoms. The highest BCUT2D eigenvalue weighted by Gasteiger charge is 2.19. The maximum absolute atomic E-state index is 12.6. The number of anilines is 1. The number of hydrogen-bond acceptors (Lipinski definition) is 3. The third kappa shape index (κ3) is 4.73. The number of halogens is 1. The Morgan fingerprint density at radius 1 is 1.17 bits per heavy atom. The van der Waals surface area contributed by atoms with Crippen molar-refractivity contribution in [3.8, 4) is 0 Å². The summed E-state index contributed by atoms with van der Waals surface area (Å²) in [7, 11) is 0. The first-order valence-electron chi connectivity index (χ1n) is 7.82. The molecule has 0 fully saturated rings. The summed E-state index contributed by atoms with van der Waals surface area (Å²) in [5, 5.41) is 10.4. The molecule has 0 spiro atoms. The van der Waals surface area contributed by atoms with E-state index in [-0.39, 0.29) is 24.9 Å². The van der Waals surface area contributed by atoms with Crippen molar-refractivity contribution in [2.24, 2.45) is 0 Å². The Balaban J connectivity index is 0.00000288. The molecule has 1 atom stereocenters. The Kier molecular flexibility index (Phi) is 7.26. The summed E-state index contributed by atoms with van der Waals surface area (Å²) in [5.74, 6) is -0.120. The molecule has 0 radical (unpaired) electrons. The molecule has 1 amide bonds. The van der Waals surface area contributed by atoms with Crippen molar-refractivity contribution in [1.29, 1.82) is 0 Å². The number of nitrogens with zero attached hydrogens (tertiary/aromatic N) is 1. The van der Waals surface area contributed by atoms with Gasteiger partial charge in [-0.3, -0.25) is 4.79 Å². The average Bonchev–Trinajstić information content (AvgIpc) is 2.55. The van der Waals surface area contributed by atoms with E-state index in [2.05, 4.69) is 0 Å². The molecule has 2 aromatic carbocycles. The van der Waals surface area contributed by atoms with Crippen LogP contribution in [0.15, 0.2) is 42.5 Å². The van der Waals surface area contributed by atoms with E-state index in [0.717, 1.165) is 16.7 Å². The maximum Gasteiger partial charge on any atom is 0.254 e. The third-order valence-corrected chi connectivity index (χ3v) is 4.05. The Morgan fingerprint density at radius 3 is 2.33 bits per heavy atom. The van der Waals surface area contributed by atoms with Crippen LogP contribution < -0.4 is 5.73 Å². The molecular formula is C19H25ClN2O2. The summed E-state index contributed by atoms with van der Waals surface area (Å²) in [5.41, 5.74) is 9.93. The predicted octanol–water partition coefficient (Wildman–Crippen LogP) is 3.50. The highest BCUT2D eigenvalue weighted by Crippen LogP contribution is 2.18. The zero-order valence-corrected chi connectivity index (χ0v) is 15.1. The molecule has 0 saturated heterocycles. The Labute approximate surface area is 149 Å². The predicted molar refractivity (Wildman–Crippen MR) is 101 cm³/mol. The van der Waals surface area contributed by atoms with E-state index in [1.54, 1.807) is 17.0 Å². The van der Waals surface area contributed by atoms with Crippen LogP contribution in [0.2, 0.25) is 0 Å². The van der Waals surface area contributed by atoms with Crippen molar-refractivity contribution in [3.63, 3.8) is 0 Å². The zero-order chi connectivity index (χ0) is 17.0. The van der Waals surface area contributed by atoms with Crippen molar-refractivity contribution in [1.82, 2.24) is 4.90 Å². The lowest BCUT2D eigenvalue weighted by atomic mass is 10.1. The van der Waals surface area contributed by atoms with E-state index in [9.17, 15) is 9.90 Å². The molecule has 130 valence electrons. The van der Waals surface area contributed by atoms with E-state index >= 15 is 0 Å². The van der Waals surface area contributed by atoms with Crippen LogP contribution in [0.1, 0.15) is 40.1 Å². The topological polar surface area (TPSA) is 66.6 Å². The van der Waals surface area contributed by atoms with Crippen LogP contribution in [0.4, 0.5) is 5.69 Å². The van der Waals surface area contributed by atoms with E-state index in [0.29, 0.717) is 17.8 Å². The first-order chi connectivity index (χ1) is 10.9. The molecule has 0 saturated carbocycles. The molecule has 0 bridgehead atoms. The maximum atomic E-state index is 12.6. The van der Waals surface area contributed by atoms with Crippen molar-refractivity contribution in [3.05, 3.63) is 64.7 Å². The first kappa shape index (κ1) is 20.0. The van der Waals surface area contributed by atoms with Crippen LogP contribution >= 0.6 is 12.4 Å². The van der Waals surface area contributed by atoms with Gasteiger partial charge in [-0.05, 0) is 44.0 Å². The van der Waals surface area contributed by atoms with Gasteiger partial charge in [0.15, 0.2) is 0 Å². The van der Waals surface area contributed by atoms with Crippen LogP contribution in [0, 0.1) is 13.8 Å². The molecule has 2 aromatic rings. The number of nitrogen functional groups attached to an aromatic ring is 1. The van der Waals surface area contributed by atoms with Gasteiger partial charge < -0.3 is 15.7 Å². The molecule has 3 N–H and O–H groups in total. The minimum absolute atomic E-state index is 0. The van der Waals surface area contributed by atoms with E-state index in [1.807, 2.05) is 51.1 Å². The smallest absolute Gasteiger partial charge is 0.254 e. The fraction of sp³-hybridized carbons (Fsp3) is 0.316. The van der Waals surface area contributed by atoms with Gasteiger partial charge in [-0.2, -0.15) is 0 Å². The number of amides is 1. The molecular weight excluding hydrogens is 324 g/mol. The monoisotopic (exact) mass is 348 g/mol. The number of aliphatic hydroxyl groups is 1. The van der Waals surface area contributed by atoms with E-state index in [4.69, 9.17) is 5.73 Å². The number of carbonyl (C=O) groups is 1. The van der Waals surface area contributed by atoms with Gasteiger partial charge in [-0.15, -0.1) is 12.4 Å². The molecule has 2 rings (SSSR count). The summed E-state index contributed by atoms with van der Waals surface area (Å²) in [6, 6.07) is 13.0. The first-order valence-corrected chi connectivity index (χ1v) is 7.82. The van der Waals surface area contributed by atoms with Gasteiger partial charge in [0.05, 0.1) is 12.6 Å². The Morgan fingerprint density at radius 2 is 1.79 bits per heavy atom. The standard InChI is InChI=1S/C19H24N2O2.ClH/c1-4-21(12-18(22)15-8-5-13(2)6-9-15)19(23)16-10-7-14(3)17(20)11-16;/h5-11,18,22H,4,12,20H2,1-3H3;1H. The summed E-state index contributed by atoms with van der Waals surface area (Å²) in [6.07, 6.45) is -0.706. The number of rotatable bonds is 5. The minimum Gasteiger partial charge on any atom is -0.398 e. The van der Waals surface area contributed by atoms with Crippen LogP contribution in [-0.4, -0.2) is 29.0 Å². The Bertz CT molecular complexity index is 686. The number of hydrogen-bond donors (Lipinski definition) is 2. The van der Waals surface area contributed by atoms with Crippen LogP contribution in [-0.2, 0) is 0 Å². The van der Waals surface area contributed by atoms with Gasteiger partial charge in [0.25, 0.3) is 5.91 Å². The fourth-order valence-corrected chi connectivity index (χ4v) is 2.41. The number of aliphatic hydroxyl groups excluding tert-OH is 1. The highest BCUT2D eigenvalue weighted by atomic mass is 35.5. The zero-order valence-electron chi connectivity index (χ0n) is 14.3. The quantitative estimate of drug-likeness (QED) is 0.813. The molecule has 4 nitrogen and oxygen atoms in total. The Hall–Kier alpha value is -2.04. The van der Waals surface area contributed by atoms with E-state index in [1.165, 1.54) is 0 Å². The number of carbonyl (C=O) groups excluding carboxylic acids is 1. The van der Waals surface area contributed by atoms with E-state index < -0.39 is 6.10 Å². The van der Waals surface area contributed by atoms with Gasteiger partial charge in [0.1, 0.15) is 0 Å². The third-order valence-electron chi connectivity index (χ3n) is 4.05. The summed E-state index contributed by atoms with van der Waals surface area (Å²) in [4.78, 5) is 14.3. The van der Waals surface area contributed by atoms with Gasteiger partial charge >= 0.3 is 0 Å². The van der Waals surface area contributed by atoms with Crippen LogP contribution in [0.25, 0.3) is 0 Å². The summed E-state index contributed by atoms with van der Waals surface area (Å²) < 4.78 is 0. The largest absolute Gasteiger partial charge is 0.398 e. The second kappa shape index (κ2) is 8.71. The van der Waals surface area contributed by atoms with Gasteiger partial charge in [0.2, 0.25) is 0 Å². The minimum atomic E-state index is -0.706. The number of likely N-dealkylation sites (N-methyl/N-ethyl adjacent to an activating group) is 1. The number of nitrogens with two attached hydrogens (primary N) is 1. The average molecular weight is 349 g/mol. The van der Waals surface area contributed by atoms with Crippen molar-refractivity contribution in [2.45, 2.75) is 26.9 Å². The molecule has 0 aliphatic heterocycles.